The Hall–Kier alpha value is -0.890. The molecule has 1 aliphatic heterocycles. The van der Waals surface area contributed by atoms with Gasteiger partial charge in [0.05, 0.1) is 0 Å². The van der Waals surface area contributed by atoms with E-state index >= 15 is 0 Å². The van der Waals surface area contributed by atoms with Crippen LogP contribution in [0.25, 0.3) is 0 Å². The topological polar surface area (TPSA) is 12.0 Å². The van der Waals surface area contributed by atoms with E-state index in [9.17, 15) is 4.39 Å². The Bertz CT molecular complexity index is 318. The first kappa shape index (κ1) is 10.6. The summed E-state index contributed by atoms with van der Waals surface area (Å²) in [5, 5.41) is 3.35. The number of nitrogens with one attached hydrogen (secondary N) is 1. The number of halogens is 1. The van der Waals surface area contributed by atoms with E-state index in [4.69, 9.17) is 0 Å². The van der Waals surface area contributed by atoms with Crippen LogP contribution in [-0.2, 0) is 0 Å². The first-order valence-corrected chi connectivity index (χ1v) is 5.78. The van der Waals surface area contributed by atoms with Crippen molar-refractivity contribution in [2.45, 2.75) is 25.7 Å². The maximum atomic E-state index is 13.7. The monoisotopic (exact) mass is 207 g/mol. The van der Waals surface area contributed by atoms with Gasteiger partial charge in [-0.1, -0.05) is 25.1 Å². The maximum Gasteiger partial charge on any atom is 0.126 e. The van der Waals surface area contributed by atoms with E-state index in [0.29, 0.717) is 11.8 Å². The molecule has 0 saturated carbocycles. The van der Waals surface area contributed by atoms with Gasteiger partial charge < -0.3 is 5.32 Å². The summed E-state index contributed by atoms with van der Waals surface area (Å²) in [5.74, 6) is 0.935. The second-order valence-corrected chi connectivity index (χ2v) is 4.29. The molecule has 2 atom stereocenters. The molecular weight excluding hydrogens is 189 g/mol. The lowest BCUT2D eigenvalue weighted by Gasteiger charge is -2.22. The Morgan fingerprint density at radius 2 is 2.27 bits per heavy atom. The average molecular weight is 207 g/mol. The molecule has 1 saturated heterocycles. The van der Waals surface area contributed by atoms with E-state index in [1.807, 2.05) is 12.1 Å². The fraction of sp³-hybridized carbons (Fsp3) is 0.538. The van der Waals surface area contributed by atoms with Crippen LogP contribution in [0.3, 0.4) is 0 Å². The van der Waals surface area contributed by atoms with Crippen molar-refractivity contribution in [1.29, 1.82) is 0 Å². The molecule has 1 fully saturated rings. The molecule has 0 bridgehead atoms. The minimum absolute atomic E-state index is 0.0451. The summed E-state index contributed by atoms with van der Waals surface area (Å²) in [7, 11) is 0. The van der Waals surface area contributed by atoms with E-state index < -0.39 is 0 Å². The van der Waals surface area contributed by atoms with Gasteiger partial charge in [-0.15, -0.1) is 0 Å². The molecule has 0 radical (unpaired) electrons. The maximum absolute atomic E-state index is 13.7. The van der Waals surface area contributed by atoms with Gasteiger partial charge in [0.1, 0.15) is 5.82 Å². The van der Waals surface area contributed by atoms with Gasteiger partial charge in [0, 0.05) is 0 Å². The predicted molar refractivity (Wildman–Crippen MR) is 60.4 cm³/mol. The zero-order valence-corrected chi connectivity index (χ0v) is 9.17. The standard InChI is InChI=1S/C13H18FN/c1-2-11(10-7-8-15-9-10)12-5-3-4-6-13(12)14/h3-6,10-11,15H,2,7-9H2,1H3. The molecule has 15 heavy (non-hydrogen) atoms. The van der Waals surface area contributed by atoms with Crippen molar-refractivity contribution in [2.75, 3.05) is 13.1 Å². The van der Waals surface area contributed by atoms with Crippen LogP contribution >= 0.6 is 0 Å². The number of benzene rings is 1. The summed E-state index contributed by atoms with van der Waals surface area (Å²) in [6.07, 6.45) is 2.19. The van der Waals surface area contributed by atoms with Crippen LogP contribution in [0.2, 0.25) is 0 Å². The van der Waals surface area contributed by atoms with Crippen LogP contribution in [0, 0.1) is 11.7 Å². The highest BCUT2D eigenvalue weighted by Gasteiger charge is 2.26. The van der Waals surface area contributed by atoms with Gasteiger partial charge in [-0.2, -0.15) is 0 Å². The lowest BCUT2D eigenvalue weighted by atomic mass is 9.83. The Morgan fingerprint density at radius 3 is 2.87 bits per heavy atom. The molecule has 0 aromatic heterocycles. The highest BCUT2D eigenvalue weighted by atomic mass is 19.1. The molecule has 2 unspecified atom stereocenters. The summed E-state index contributed by atoms with van der Waals surface area (Å²) in [6.45, 7) is 4.26. The molecule has 1 aromatic carbocycles. The Balaban J connectivity index is 2.22. The third-order valence-electron chi connectivity index (χ3n) is 3.41. The second-order valence-electron chi connectivity index (χ2n) is 4.29. The molecule has 0 spiro atoms. The Labute approximate surface area is 90.7 Å². The smallest absolute Gasteiger partial charge is 0.126 e. The highest BCUT2D eigenvalue weighted by Crippen LogP contribution is 2.33. The first-order valence-electron chi connectivity index (χ1n) is 5.78. The summed E-state index contributed by atoms with van der Waals surface area (Å²) in [4.78, 5) is 0. The van der Waals surface area contributed by atoms with E-state index in [-0.39, 0.29) is 5.82 Å². The highest BCUT2D eigenvalue weighted by molar-refractivity contribution is 5.22. The van der Waals surface area contributed by atoms with E-state index in [2.05, 4.69) is 12.2 Å². The SMILES string of the molecule is CCC(c1ccccc1F)C1CCNC1. The third-order valence-corrected chi connectivity index (χ3v) is 3.41. The van der Waals surface area contributed by atoms with E-state index in [0.717, 1.165) is 25.1 Å². The average Bonchev–Trinajstić information content (AvgIpc) is 2.75. The van der Waals surface area contributed by atoms with Crippen molar-refractivity contribution in [3.05, 3.63) is 35.6 Å². The van der Waals surface area contributed by atoms with Crippen molar-refractivity contribution < 1.29 is 4.39 Å². The van der Waals surface area contributed by atoms with Crippen molar-refractivity contribution >= 4 is 0 Å². The van der Waals surface area contributed by atoms with Crippen molar-refractivity contribution in [3.63, 3.8) is 0 Å². The van der Waals surface area contributed by atoms with E-state index in [1.165, 1.54) is 6.42 Å². The quantitative estimate of drug-likeness (QED) is 0.803. The number of hydrogen-bond donors (Lipinski definition) is 1. The largest absolute Gasteiger partial charge is 0.316 e. The summed E-state index contributed by atoms with van der Waals surface area (Å²) in [6, 6.07) is 7.20. The zero-order chi connectivity index (χ0) is 10.7. The van der Waals surface area contributed by atoms with Crippen LogP contribution in [0.15, 0.2) is 24.3 Å². The fourth-order valence-electron chi connectivity index (χ4n) is 2.60. The molecule has 1 heterocycles. The van der Waals surface area contributed by atoms with Gasteiger partial charge in [-0.3, -0.25) is 0 Å². The number of hydrogen-bond acceptors (Lipinski definition) is 1. The first-order chi connectivity index (χ1) is 7.33. The molecule has 1 nitrogen and oxygen atoms in total. The third kappa shape index (κ3) is 2.20. The minimum Gasteiger partial charge on any atom is -0.316 e. The Kier molecular flexibility index (Phi) is 3.37. The van der Waals surface area contributed by atoms with Gasteiger partial charge in [0.15, 0.2) is 0 Å². The van der Waals surface area contributed by atoms with Gasteiger partial charge in [-0.05, 0) is 49.4 Å². The molecule has 1 aliphatic rings. The Morgan fingerprint density at radius 1 is 1.47 bits per heavy atom. The zero-order valence-electron chi connectivity index (χ0n) is 9.17. The van der Waals surface area contributed by atoms with Crippen molar-refractivity contribution in [2.24, 2.45) is 5.92 Å². The number of rotatable bonds is 3. The second kappa shape index (κ2) is 4.75. The molecule has 1 N–H and O–H groups in total. The molecule has 2 heteroatoms. The van der Waals surface area contributed by atoms with Crippen molar-refractivity contribution in [3.8, 4) is 0 Å². The predicted octanol–water partition coefficient (Wildman–Crippen LogP) is 2.93. The minimum atomic E-state index is -0.0451. The molecule has 0 amide bonds. The van der Waals surface area contributed by atoms with Crippen LogP contribution < -0.4 is 5.32 Å². The van der Waals surface area contributed by atoms with Gasteiger partial charge in [0.25, 0.3) is 0 Å². The van der Waals surface area contributed by atoms with Crippen molar-refractivity contribution in [1.82, 2.24) is 5.32 Å². The molecule has 82 valence electrons. The lowest BCUT2D eigenvalue weighted by Crippen LogP contribution is -2.17. The van der Waals surface area contributed by atoms with Gasteiger partial charge in [0.2, 0.25) is 0 Å². The van der Waals surface area contributed by atoms with Crippen LogP contribution in [-0.4, -0.2) is 13.1 Å². The normalized spacial score (nSPS) is 22.9. The van der Waals surface area contributed by atoms with Gasteiger partial charge >= 0.3 is 0 Å². The molecule has 1 aromatic rings. The van der Waals surface area contributed by atoms with Crippen LogP contribution in [0.1, 0.15) is 31.2 Å². The van der Waals surface area contributed by atoms with E-state index in [1.54, 1.807) is 12.1 Å². The van der Waals surface area contributed by atoms with Gasteiger partial charge in [-0.25, -0.2) is 4.39 Å². The van der Waals surface area contributed by atoms with Crippen LogP contribution in [0.5, 0.6) is 0 Å². The molecule has 2 rings (SSSR count). The van der Waals surface area contributed by atoms with Crippen LogP contribution in [0.4, 0.5) is 4.39 Å². The summed E-state index contributed by atoms with van der Waals surface area (Å²) < 4.78 is 13.7. The molecular formula is C13H18FN. The fourth-order valence-corrected chi connectivity index (χ4v) is 2.60. The lowest BCUT2D eigenvalue weighted by molar-refractivity contribution is 0.429. The summed E-state index contributed by atoms with van der Waals surface area (Å²) in [5.41, 5.74) is 0.897. The summed E-state index contributed by atoms with van der Waals surface area (Å²) >= 11 is 0. The molecule has 0 aliphatic carbocycles.